The summed E-state index contributed by atoms with van der Waals surface area (Å²) in [6.07, 6.45) is 7.80. The van der Waals surface area contributed by atoms with Crippen LogP contribution in [0.5, 0.6) is 0 Å². The third kappa shape index (κ3) is 1.22. The van der Waals surface area contributed by atoms with Crippen LogP contribution in [0.4, 0.5) is 0 Å². The van der Waals surface area contributed by atoms with Crippen molar-refractivity contribution < 1.29 is 0 Å². The van der Waals surface area contributed by atoms with E-state index in [4.69, 9.17) is 0 Å². The molecule has 62 valence electrons. The molecule has 2 fully saturated rings. The van der Waals surface area contributed by atoms with E-state index in [0.29, 0.717) is 5.41 Å². The van der Waals surface area contributed by atoms with Crippen molar-refractivity contribution in [1.82, 2.24) is 5.32 Å². The van der Waals surface area contributed by atoms with Crippen molar-refractivity contribution in [3.05, 3.63) is 11.6 Å². The van der Waals surface area contributed by atoms with E-state index in [1.165, 1.54) is 38.8 Å². The van der Waals surface area contributed by atoms with Crippen molar-refractivity contribution in [2.75, 3.05) is 13.1 Å². The van der Waals surface area contributed by atoms with Gasteiger partial charge in [0.05, 0.1) is 0 Å². The van der Waals surface area contributed by atoms with E-state index < -0.39 is 0 Å². The first-order valence-electron chi connectivity index (χ1n) is 4.73. The molecule has 1 aliphatic carbocycles. The first-order valence-corrected chi connectivity index (χ1v) is 4.73. The maximum Gasteiger partial charge on any atom is 0.00144 e. The molecule has 1 nitrogen and oxygen atoms in total. The van der Waals surface area contributed by atoms with Crippen LogP contribution in [0.15, 0.2) is 11.6 Å². The van der Waals surface area contributed by atoms with Gasteiger partial charge in [0.15, 0.2) is 0 Å². The van der Waals surface area contributed by atoms with E-state index in [-0.39, 0.29) is 0 Å². The van der Waals surface area contributed by atoms with Crippen molar-refractivity contribution in [3.63, 3.8) is 0 Å². The Kier molecular flexibility index (Phi) is 1.76. The van der Waals surface area contributed by atoms with E-state index in [1.807, 2.05) is 0 Å². The van der Waals surface area contributed by atoms with Gasteiger partial charge in [0.25, 0.3) is 0 Å². The Balaban J connectivity index is 1.90. The van der Waals surface area contributed by atoms with Crippen LogP contribution in [0.1, 0.15) is 32.6 Å². The highest BCUT2D eigenvalue weighted by molar-refractivity contribution is 5.20. The van der Waals surface area contributed by atoms with Gasteiger partial charge in [-0.25, -0.2) is 0 Å². The maximum absolute atomic E-state index is 3.45. The van der Waals surface area contributed by atoms with Gasteiger partial charge in [0, 0.05) is 6.54 Å². The summed E-state index contributed by atoms with van der Waals surface area (Å²) in [6.45, 7) is 4.75. The lowest BCUT2D eigenvalue weighted by Crippen LogP contribution is -2.33. The highest BCUT2D eigenvalue weighted by Crippen LogP contribution is 2.49. The highest BCUT2D eigenvalue weighted by atomic mass is 14.9. The molecule has 0 amide bonds. The lowest BCUT2D eigenvalue weighted by atomic mass is 9.65. The molecule has 1 saturated heterocycles. The first-order chi connectivity index (χ1) is 5.35. The third-order valence-corrected chi connectivity index (χ3v) is 3.03. The fourth-order valence-corrected chi connectivity index (χ4v) is 2.44. The molecular weight excluding hydrogens is 134 g/mol. The molecule has 0 aromatic heterocycles. The summed E-state index contributed by atoms with van der Waals surface area (Å²) in [4.78, 5) is 0. The van der Waals surface area contributed by atoms with Gasteiger partial charge < -0.3 is 5.32 Å². The lowest BCUT2D eigenvalue weighted by molar-refractivity contribution is 0.237. The minimum absolute atomic E-state index is 0.709. The molecule has 0 atom stereocenters. The van der Waals surface area contributed by atoms with E-state index in [0.717, 1.165) is 0 Å². The van der Waals surface area contributed by atoms with Crippen molar-refractivity contribution in [2.24, 2.45) is 5.41 Å². The number of nitrogens with one attached hydrogen (secondary N) is 1. The van der Waals surface area contributed by atoms with Crippen LogP contribution < -0.4 is 5.32 Å². The minimum atomic E-state index is 0.709. The molecule has 1 heteroatoms. The van der Waals surface area contributed by atoms with Gasteiger partial charge in [0.1, 0.15) is 0 Å². The Morgan fingerprint density at radius 1 is 1.55 bits per heavy atom. The summed E-state index contributed by atoms with van der Waals surface area (Å²) >= 11 is 0. The Labute approximate surface area is 68.9 Å². The molecule has 0 bridgehead atoms. The molecule has 11 heavy (non-hydrogen) atoms. The molecule has 1 aliphatic heterocycles. The van der Waals surface area contributed by atoms with Crippen LogP contribution >= 0.6 is 0 Å². The topological polar surface area (TPSA) is 12.0 Å². The molecule has 1 saturated carbocycles. The summed E-state index contributed by atoms with van der Waals surface area (Å²) in [5, 5.41) is 3.45. The number of hydrogen-bond acceptors (Lipinski definition) is 1. The average Bonchev–Trinajstić information content (AvgIpc) is 2.35. The fraction of sp³-hybridized carbons (Fsp3) is 0.800. The largest absolute Gasteiger partial charge is 0.316 e. The maximum atomic E-state index is 3.45. The monoisotopic (exact) mass is 151 g/mol. The smallest absolute Gasteiger partial charge is 0.00144 e. The number of hydrogen-bond donors (Lipinski definition) is 1. The zero-order chi connectivity index (χ0) is 7.73. The molecule has 0 aromatic rings. The van der Waals surface area contributed by atoms with Gasteiger partial charge in [-0.15, -0.1) is 0 Å². The first kappa shape index (κ1) is 7.35. The van der Waals surface area contributed by atoms with E-state index in [9.17, 15) is 0 Å². The van der Waals surface area contributed by atoms with Crippen LogP contribution in [0.2, 0.25) is 0 Å². The standard InChI is InChI=1S/C10H17N/c1-2-3-9-6-10(7-9)4-5-11-8-10/h3,11H,2,4-8H2,1H3. The van der Waals surface area contributed by atoms with Gasteiger partial charge in [-0.2, -0.15) is 0 Å². The molecule has 1 heterocycles. The summed E-state index contributed by atoms with van der Waals surface area (Å²) < 4.78 is 0. The van der Waals surface area contributed by atoms with Crippen LogP contribution in [0.3, 0.4) is 0 Å². The Morgan fingerprint density at radius 3 is 2.91 bits per heavy atom. The van der Waals surface area contributed by atoms with E-state index in [1.54, 1.807) is 5.57 Å². The van der Waals surface area contributed by atoms with Crippen molar-refractivity contribution in [1.29, 1.82) is 0 Å². The fourth-order valence-electron chi connectivity index (χ4n) is 2.44. The molecule has 0 unspecified atom stereocenters. The summed E-state index contributed by atoms with van der Waals surface area (Å²) in [5.41, 5.74) is 2.41. The van der Waals surface area contributed by atoms with Crippen molar-refractivity contribution in [3.8, 4) is 0 Å². The van der Waals surface area contributed by atoms with E-state index >= 15 is 0 Å². The van der Waals surface area contributed by atoms with Gasteiger partial charge in [-0.1, -0.05) is 18.6 Å². The van der Waals surface area contributed by atoms with Gasteiger partial charge in [0.2, 0.25) is 0 Å². The highest BCUT2D eigenvalue weighted by Gasteiger charge is 2.41. The Morgan fingerprint density at radius 2 is 2.36 bits per heavy atom. The Bertz CT molecular complexity index is 165. The average molecular weight is 151 g/mol. The van der Waals surface area contributed by atoms with Crippen molar-refractivity contribution >= 4 is 0 Å². The second kappa shape index (κ2) is 2.63. The summed E-state index contributed by atoms with van der Waals surface area (Å²) in [6, 6.07) is 0. The van der Waals surface area contributed by atoms with Gasteiger partial charge >= 0.3 is 0 Å². The lowest BCUT2D eigenvalue weighted by Gasteiger charge is -2.40. The molecule has 1 N–H and O–H groups in total. The summed E-state index contributed by atoms with van der Waals surface area (Å²) in [5.74, 6) is 0. The van der Waals surface area contributed by atoms with Crippen LogP contribution in [0, 0.1) is 5.41 Å². The minimum Gasteiger partial charge on any atom is -0.316 e. The SMILES string of the molecule is CCC=C1CC2(CCNC2)C1. The number of allylic oxidation sites excluding steroid dienone is 2. The van der Waals surface area contributed by atoms with E-state index in [2.05, 4.69) is 18.3 Å². The van der Waals surface area contributed by atoms with Crippen LogP contribution in [0.25, 0.3) is 0 Å². The molecule has 0 aromatic carbocycles. The quantitative estimate of drug-likeness (QED) is 0.566. The third-order valence-electron chi connectivity index (χ3n) is 3.03. The zero-order valence-corrected chi connectivity index (χ0v) is 7.32. The molecule has 1 spiro atoms. The van der Waals surface area contributed by atoms with Gasteiger partial charge in [-0.3, -0.25) is 0 Å². The zero-order valence-electron chi connectivity index (χ0n) is 7.32. The molecule has 2 rings (SSSR count). The second-order valence-electron chi connectivity index (χ2n) is 4.05. The second-order valence-corrected chi connectivity index (χ2v) is 4.05. The Hall–Kier alpha value is -0.300. The van der Waals surface area contributed by atoms with Gasteiger partial charge in [-0.05, 0) is 37.6 Å². The molecular formula is C10H17N. The van der Waals surface area contributed by atoms with Crippen LogP contribution in [-0.4, -0.2) is 13.1 Å². The number of rotatable bonds is 1. The van der Waals surface area contributed by atoms with Crippen molar-refractivity contribution in [2.45, 2.75) is 32.6 Å². The van der Waals surface area contributed by atoms with Crippen LogP contribution in [-0.2, 0) is 0 Å². The molecule has 0 radical (unpaired) electrons. The molecule has 2 aliphatic rings. The normalized spacial score (nSPS) is 35.9. The predicted molar refractivity (Wildman–Crippen MR) is 47.5 cm³/mol. The summed E-state index contributed by atoms with van der Waals surface area (Å²) in [7, 11) is 0. The predicted octanol–water partition coefficient (Wildman–Crippen LogP) is 2.10.